The molecule has 0 saturated carbocycles. The molecule has 1 saturated heterocycles. The fourth-order valence-corrected chi connectivity index (χ4v) is 3.28. The number of hydrogen-bond donors (Lipinski definition) is 1. The number of hydrogen-bond acceptors (Lipinski definition) is 5. The largest absolute Gasteiger partial charge is 0.441 e. The molecule has 3 rings (SSSR count). The number of carbonyl (C=O) groups is 2. The Morgan fingerprint density at radius 3 is 2.41 bits per heavy atom. The summed E-state index contributed by atoms with van der Waals surface area (Å²) < 4.78 is 5.76. The normalized spacial score (nSPS) is 15.0. The average Bonchev–Trinajstić information content (AvgIpc) is 3.07. The molecule has 156 valence electrons. The molecule has 1 fully saturated rings. The second-order valence-corrected chi connectivity index (χ2v) is 7.94. The molecule has 1 N–H and O–H groups in total. The number of benzene rings is 1. The molecule has 2 aromatic rings. The fraction of sp³-hybridized carbons (Fsp3) is 0.500. The maximum Gasteiger partial charge on any atom is 0.242 e. The fourth-order valence-electron chi connectivity index (χ4n) is 3.28. The van der Waals surface area contributed by atoms with E-state index in [1.54, 1.807) is 11.8 Å². The first-order valence-electron chi connectivity index (χ1n) is 10.1. The van der Waals surface area contributed by atoms with E-state index in [1.807, 2.05) is 19.2 Å². The zero-order valence-corrected chi connectivity index (χ0v) is 17.7. The Kier molecular flexibility index (Phi) is 6.69. The summed E-state index contributed by atoms with van der Waals surface area (Å²) in [6, 6.07) is 8.10. The molecule has 7 nitrogen and oxygen atoms in total. The van der Waals surface area contributed by atoms with E-state index in [0.717, 1.165) is 18.7 Å². The summed E-state index contributed by atoms with van der Waals surface area (Å²) in [6.45, 7) is 9.24. The number of carbonyl (C=O) groups excluding carboxylic acids is 2. The Bertz CT molecular complexity index is 849. The van der Waals surface area contributed by atoms with E-state index in [9.17, 15) is 9.59 Å². The Labute approximate surface area is 172 Å². The van der Waals surface area contributed by atoms with Crippen molar-refractivity contribution in [1.82, 2.24) is 20.1 Å². The van der Waals surface area contributed by atoms with Gasteiger partial charge in [0.05, 0.1) is 18.7 Å². The van der Waals surface area contributed by atoms with Gasteiger partial charge in [0.2, 0.25) is 17.7 Å². The lowest BCUT2D eigenvalue weighted by molar-refractivity contribution is -0.134. The van der Waals surface area contributed by atoms with Crippen LogP contribution < -0.4 is 5.32 Å². The number of likely N-dealkylation sites (N-methyl/N-ethyl adjacent to an activating group) is 1. The lowest BCUT2D eigenvalue weighted by Gasteiger charge is -2.32. The smallest absolute Gasteiger partial charge is 0.242 e. The Hall–Kier alpha value is -2.67. The van der Waals surface area contributed by atoms with Crippen LogP contribution in [0.4, 0.5) is 0 Å². The lowest BCUT2D eigenvalue weighted by Crippen LogP contribution is -2.50. The van der Waals surface area contributed by atoms with Gasteiger partial charge in [-0.05, 0) is 37.6 Å². The predicted molar refractivity (Wildman–Crippen MR) is 112 cm³/mol. The third-order valence-corrected chi connectivity index (χ3v) is 5.34. The van der Waals surface area contributed by atoms with Crippen LogP contribution in [-0.2, 0) is 16.0 Å². The number of amides is 2. The maximum absolute atomic E-state index is 12.3. The van der Waals surface area contributed by atoms with Crippen molar-refractivity contribution in [1.29, 1.82) is 0 Å². The third-order valence-electron chi connectivity index (χ3n) is 5.34. The molecule has 0 aliphatic carbocycles. The van der Waals surface area contributed by atoms with Gasteiger partial charge in [0.25, 0.3) is 0 Å². The van der Waals surface area contributed by atoms with Gasteiger partial charge in [0.1, 0.15) is 5.76 Å². The third kappa shape index (κ3) is 5.44. The van der Waals surface area contributed by atoms with Crippen LogP contribution in [-0.4, -0.2) is 66.4 Å². The SMILES string of the molecule is Cc1oc(-c2ccc(C(C)C)cc2)nc1CC(=O)NCC(=O)N1CCN(C)CC1. The molecule has 1 aliphatic heterocycles. The van der Waals surface area contributed by atoms with E-state index in [2.05, 4.69) is 41.2 Å². The summed E-state index contributed by atoms with van der Waals surface area (Å²) in [5.41, 5.74) is 2.73. The first-order valence-corrected chi connectivity index (χ1v) is 10.1. The molecule has 0 unspecified atom stereocenters. The van der Waals surface area contributed by atoms with E-state index in [0.29, 0.717) is 36.4 Å². The van der Waals surface area contributed by atoms with Crippen LogP contribution in [0.25, 0.3) is 11.5 Å². The molecule has 1 aliphatic rings. The van der Waals surface area contributed by atoms with Crippen molar-refractivity contribution in [3.63, 3.8) is 0 Å². The number of nitrogens with one attached hydrogen (secondary N) is 1. The van der Waals surface area contributed by atoms with Gasteiger partial charge in [-0.15, -0.1) is 0 Å². The minimum atomic E-state index is -0.231. The minimum Gasteiger partial charge on any atom is -0.441 e. The van der Waals surface area contributed by atoms with Gasteiger partial charge in [-0.1, -0.05) is 26.0 Å². The summed E-state index contributed by atoms with van der Waals surface area (Å²) in [6.07, 6.45) is 0.0927. The molecule has 0 atom stereocenters. The van der Waals surface area contributed by atoms with Gasteiger partial charge >= 0.3 is 0 Å². The van der Waals surface area contributed by atoms with Gasteiger partial charge in [-0.2, -0.15) is 0 Å². The summed E-state index contributed by atoms with van der Waals surface area (Å²) in [7, 11) is 2.04. The quantitative estimate of drug-likeness (QED) is 0.807. The molecule has 1 aromatic carbocycles. The molecule has 7 heteroatoms. The molecule has 0 radical (unpaired) electrons. The number of aromatic nitrogens is 1. The van der Waals surface area contributed by atoms with Crippen molar-refractivity contribution in [3.05, 3.63) is 41.3 Å². The summed E-state index contributed by atoms with van der Waals surface area (Å²) in [5.74, 6) is 1.31. The monoisotopic (exact) mass is 398 g/mol. The van der Waals surface area contributed by atoms with Crippen molar-refractivity contribution >= 4 is 11.8 Å². The van der Waals surface area contributed by atoms with E-state index in [-0.39, 0.29) is 24.8 Å². The van der Waals surface area contributed by atoms with Gasteiger partial charge < -0.3 is 19.5 Å². The predicted octanol–water partition coefficient (Wildman–Crippen LogP) is 2.21. The summed E-state index contributed by atoms with van der Waals surface area (Å²) in [5, 5.41) is 2.71. The Morgan fingerprint density at radius 1 is 1.14 bits per heavy atom. The van der Waals surface area contributed by atoms with Crippen LogP contribution in [0, 0.1) is 6.92 Å². The highest BCUT2D eigenvalue weighted by molar-refractivity contribution is 5.85. The van der Waals surface area contributed by atoms with Crippen LogP contribution in [0.1, 0.15) is 36.8 Å². The highest BCUT2D eigenvalue weighted by Gasteiger charge is 2.20. The Morgan fingerprint density at radius 2 is 1.79 bits per heavy atom. The van der Waals surface area contributed by atoms with E-state index in [4.69, 9.17) is 4.42 Å². The maximum atomic E-state index is 12.3. The number of piperazine rings is 1. The molecule has 0 bridgehead atoms. The first-order chi connectivity index (χ1) is 13.8. The summed E-state index contributed by atoms with van der Waals surface area (Å²) >= 11 is 0. The number of rotatable bonds is 6. The van der Waals surface area contributed by atoms with Crippen molar-refractivity contribution in [2.24, 2.45) is 0 Å². The number of aryl methyl sites for hydroxylation is 1. The molecule has 1 aromatic heterocycles. The van der Waals surface area contributed by atoms with E-state index < -0.39 is 0 Å². The van der Waals surface area contributed by atoms with Crippen LogP contribution in [0.2, 0.25) is 0 Å². The molecule has 2 amide bonds. The van der Waals surface area contributed by atoms with Gasteiger partial charge in [0.15, 0.2) is 0 Å². The van der Waals surface area contributed by atoms with E-state index >= 15 is 0 Å². The van der Waals surface area contributed by atoms with Gasteiger partial charge in [0, 0.05) is 31.7 Å². The Balaban J connectivity index is 1.55. The lowest BCUT2D eigenvalue weighted by atomic mass is 10.0. The number of nitrogens with zero attached hydrogens (tertiary/aromatic N) is 3. The zero-order valence-electron chi connectivity index (χ0n) is 17.7. The zero-order chi connectivity index (χ0) is 21.0. The van der Waals surface area contributed by atoms with Crippen molar-refractivity contribution in [2.75, 3.05) is 39.8 Å². The summed E-state index contributed by atoms with van der Waals surface area (Å²) in [4.78, 5) is 33.0. The minimum absolute atomic E-state index is 0.0168. The topological polar surface area (TPSA) is 78.7 Å². The molecule has 2 heterocycles. The van der Waals surface area contributed by atoms with Crippen LogP contribution >= 0.6 is 0 Å². The van der Waals surface area contributed by atoms with Crippen molar-refractivity contribution < 1.29 is 14.0 Å². The van der Waals surface area contributed by atoms with Gasteiger partial charge in [-0.3, -0.25) is 9.59 Å². The molecular formula is C22H30N4O3. The standard InChI is InChI=1S/C22H30N4O3/c1-15(2)17-5-7-18(8-6-17)22-24-19(16(3)29-22)13-20(27)23-14-21(28)26-11-9-25(4)10-12-26/h5-8,15H,9-14H2,1-4H3,(H,23,27). The molecule has 29 heavy (non-hydrogen) atoms. The second-order valence-electron chi connectivity index (χ2n) is 7.94. The average molecular weight is 399 g/mol. The van der Waals surface area contributed by atoms with Crippen molar-refractivity contribution in [3.8, 4) is 11.5 Å². The number of oxazole rings is 1. The van der Waals surface area contributed by atoms with E-state index in [1.165, 1.54) is 5.56 Å². The van der Waals surface area contributed by atoms with Crippen LogP contribution in [0.15, 0.2) is 28.7 Å². The first kappa shape index (κ1) is 21.0. The van der Waals surface area contributed by atoms with Crippen LogP contribution in [0.5, 0.6) is 0 Å². The highest BCUT2D eigenvalue weighted by Crippen LogP contribution is 2.24. The van der Waals surface area contributed by atoms with Gasteiger partial charge in [-0.25, -0.2) is 4.98 Å². The molecular weight excluding hydrogens is 368 g/mol. The second kappa shape index (κ2) is 9.22. The molecule has 0 spiro atoms. The van der Waals surface area contributed by atoms with Crippen molar-refractivity contribution in [2.45, 2.75) is 33.1 Å². The van der Waals surface area contributed by atoms with Crippen LogP contribution in [0.3, 0.4) is 0 Å². The highest BCUT2D eigenvalue weighted by atomic mass is 16.4.